The lowest BCUT2D eigenvalue weighted by molar-refractivity contribution is -0.133. The molecule has 2 saturated carbocycles. The third kappa shape index (κ3) is 2.23. The normalized spacial score (nSPS) is 28.5. The molecule has 2 fully saturated rings. The number of nitrogen functional groups attached to an aromatic ring is 1. The van der Waals surface area contributed by atoms with E-state index in [1.54, 1.807) is 11.3 Å². The maximum Gasteiger partial charge on any atom is 0.223 e. The Balaban J connectivity index is 1.34. The van der Waals surface area contributed by atoms with Gasteiger partial charge in [-0.3, -0.25) is 4.79 Å². The van der Waals surface area contributed by atoms with Crippen LogP contribution in [0.4, 0.5) is 5.82 Å². The van der Waals surface area contributed by atoms with Gasteiger partial charge in [-0.05, 0) is 49.0 Å². The first-order chi connectivity index (χ1) is 11.7. The number of hydrogen-bond donors (Lipinski definition) is 1. The summed E-state index contributed by atoms with van der Waals surface area (Å²) in [6, 6.07) is 0. The fourth-order valence-corrected chi connectivity index (χ4v) is 6.36. The number of carbonyl (C=O) groups excluding carboxylic acids is 1. The zero-order chi connectivity index (χ0) is 16.3. The smallest absolute Gasteiger partial charge is 0.223 e. The van der Waals surface area contributed by atoms with Crippen molar-refractivity contribution in [3.63, 3.8) is 0 Å². The van der Waals surface area contributed by atoms with E-state index in [0.717, 1.165) is 48.0 Å². The predicted octanol–water partition coefficient (Wildman–Crippen LogP) is 2.98. The number of carbonyl (C=O) groups is 1. The molecule has 1 aliphatic heterocycles. The molecule has 2 aromatic heterocycles. The van der Waals surface area contributed by atoms with Gasteiger partial charge in [0.15, 0.2) is 0 Å². The van der Waals surface area contributed by atoms with Gasteiger partial charge in [-0.1, -0.05) is 6.42 Å². The quantitative estimate of drug-likeness (QED) is 0.911. The van der Waals surface area contributed by atoms with Gasteiger partial charge in [0, 0.05) is 17.8 Å². The first-order valence-corrected chi connectivity index (χ1v) is 9.79. The Kier molecular flexibility index (Phi) is 3.30. The van der Waals surface area contributed by atoms with Crippen LogP contribution in [0.2, 0.25) is 0 Å². The molecule has 3 heterocycles. The van der Waals surface area contributed by atoms with Crippen molar-refractivity contribution in [1.29, 1.82) is 0 Å². The van der Waals surface area contributed by atoms with Crippen LogP contribution in [-0.2, 0) is 17.8 Å². The van der Waals surface area contributed by atoms with Crippen LogP contribution in [0.5, 0.6) is 0 Å². The van der Waals surface area contributed by atoms with Crippen molar-refractivity contribution in [3.8, 4) is 0 Å². The largest absolute Gasteiger partial charge is 0.383 e. The number of anilines is 1. The average Bonchev–Trinajstić information content (AvgIpc) is 3.27. The number of aromatic nitrogens is 2. The van der Waals surface area contributed by atoms with Crippen LogP contribution < -0.4 is 5.73 Å². The molecular formula is C18H22N4OS. The number of rotatable bonds is 2. The minimum absolute atomic E-state index is 0.342. The van der Waals surface area contributed by atoms with E-state index in [0.29, 0.717) is 17.6 Å². The molecule has 6 heteroatoms. The van der Waals surface area contributed by atoms with Gasteiger partial charge in [-0.15, -0.1) is 11.3 Å². The lowest BCUT2D eigenvalue weighted by Gasteiger charge is -2.29. The van der Waals surface area contributed by atoms with Crippen LogP contribution in [-0.4, -0.2) is 27.3 Å². The zero-order valence-electron chi connectivity index (χ0n) is 13.7. The second-order valence-electron chi connectivity index (χ2n) is 7.65. The summed E-state index contributed by atoms with van der Waals surface area (Å²) < 4.78 is 0. The third-order valence-corrected chi connectivity index (χ3v) is 7.47. The summed E-state index contributed by atoms with van der Waals surface area (Å²) in [5.74, 6) is 3.28. The molecule has 24 heavy (non-hydrogen) atoms. The van der Waals surface area contributed by atoms with Gasteiger partial charge >= 0.3 is 0 Å². The van der Waals surface area contributed by atoms with E-state index in [9.17, 15) is 4.79 Å². The molecular weight excluding hydrogens is 320 g/mol. The number of nitrogens with zero attached hydrogens (tertiary/aromatic N) is 3. The Morgan fingerprint density at radius 2 is 2.25 bits per heavy atom. The number of nitrogens with two attached hydrogens (primary N) is 1. The predicted molar refractivity (Wildman–Crippen MR) is 94.5 cm³/mol. The summed E-state index contributed by atoms with van der Waals surface area (Å²) in [4.78, 5) is 25.5. The van der Waals surface area contributed by atoms with Crippen LogP contribution in [0, 0.1) is 17.8 Å². The summed E-state index contributed by atoms with van der Waals surface area (Å²) in [6.07, 6.45) is 8.55. The molecule has 1 amide bonds. The average molecular weight is 342 g/mol. The Hall–Kier alpha value is -1.69. The van der Waals surface area contributed by atoms with E-state index in [2.05, 4.69) is 9.97 Å². The Labute approximate surface area is 145 Å². The highest BCUT2D eigenvalue weighted by atomic mass is 32.1. The number of thiophene rings is 1. The van der Waals surface area contributed by atoms with Crippen LogP contribution >= 0.6 is 11.3 Å². The van der Waals surface area contributed by atoms with E-state index >= 15 is 0 Å². The van der Waals surface area contributed by atoms with E-state index in [1.165, 1.54) is 42.5 Å². The molecule has 0 aromatic carbocycles. The van der Waals surface area contributed by atoms with E-state index in [4.69, 9.17) is 5.73 Å². The Morgan fingerprint density at radius 1 is 1.33 bits per heavy atom. The fourth-order valence-electron chi connectivity index (χ4n) is 5.14. The second kappa shape index (κ2) is 5.41. The van der Waals surface area contributed by atoms with Crippen molar-refractivity contribution in [3.05, 3.63) is 16.8 Å². The Morgan fingerprint density at radius 3 is 3.04 bits per heavy atom. The molecule has 3 aliphatic rings. The van der Waals surface area contributed by atoms with Crippen LogP contribution in [0.1, 0.15) is 42.5 Å². The van der Waals surface area contributed by atoms with E-state index in [-0.39, 0.29) is 0 Å². The first-order valence-electron chi connectivity index (χ1n) is 8.97. The molecule has 2 N–H and O–H groups in total. The van der Waals surface area contributed by atoms with Crippen molar-refractivity contribution < 1.29 is 4.79 Å². The van der Waals surface area contributed by atoms with E-state index in [1.807, 2.05) is 4.90 Å². The van der Waals surface area contributed by atoms with Crippen LogP contribution in [0.25, 0.3) is 10.2 Å². The topological polar surface area (TPSA) is 72.1 Å². The molecule has 3 unspecified atom stereocenters. The van der Waals surface area contributed by atoms with Crippen molar-refractivity contribution in [2.45, 2.75) is 45.1 Å². The fraction of sp³-hybridized carbons (Fsp3) is 0.611. The maximum atomic E-state index is 12.8. The first kappa shape index (κ1) is 14.6. The van der Waals surface area contributed by atoms with Gasteiger partial charge in [0.05, 0.1) is 11.9 Å². The summed E-state index contributed by atoms with van der Waals surface area (Å²) in [5.41, 5.74) is 7.30. The monoisotopic (exact) mass is 342 g/mol. The van der Waals surface area contributed by atoms with Gasteiger partial charge in [0.1, 0.15) is 17.0 Å². The minimum atomic E-state index is 0.342. The van der Waals surface area contributed by atoms with Gasteiger partial charge < -0.3 is 10.6 Å². The van der Waals surface area contributed by atoms with Crippen molar-refractivity contribution >= 4 is 33.3 Å². The van der Waals surface area contributed by atoms with E-state index < -0.39 is 0 Å². The SMILES string of the molecule is Nc1ncnc2sc3c(c12)CCN(C(=O)CC1CC2CCC1C2)C3. The molecule has 0 radical (unpaired) electrons. The molecule has 2 aliphatic carbocycles. The second-order valence-corrected chi connectivity index (χ2v) is 8.73. The van der Waals surface area contributed by atoms with Crippen molar-refractivity contribution in [2.75, 3.05) is 12.3 Å². The number of fused-ring (bicyclic) bond motifs is 5. The summed E-state index contributed by atoms with van der Waals surface area (Å²) >= 11 is 1.66. The molecule has 5 nitrogen and oxygen atoms in total. The molecule has 126 valence electrons. The summed E-state index contributed by atoms with van der Waals surface area (Å²) in [5, 5.41) is 1.01. The highest BCUT2D eigenvalue weighted by Gasteiger charge is 2.41. The molecule has 0 saturated heterocycles. The third-order valence-electron chi connectivity index (χ3n) is 6.34. The van der Waals surface area contributed by atoms with Crippen LogP contribution in [0.3, 0.4) is 0 Å². The molecule has 2 aromatic rings. The lowest BCUT2D eigenvalue weighted by Crippen LogP contribution is -2.36. The lowest BCUT2D eigenvalue weighted by atomic mass is 9.86. The van der Waals surface area contributed by atoms with Gasteiger partial charge in [0.25, 0.3) is 0 Å². The Bertz CT molecular complexity index is 817. The molecule has 0 spiro atoms. The van der Waals surface area contributed by atoms with Gasteiger partial charge in [0.2, 0.25) is 5.91 Å². The minimum Gasteiger partial charge on any atom is -0.383 e. The van der Waals surface area contributed by atoms with Gasteiger partial charge in [-0.25, -0.2) is 9.97 Å². The molecule has 2 bridgehead atoms. The van der Waals surface area contributed by atoms with Crippen molar-refractivity contribution in [2.24, 2.45) is 17.8 Å². The number of hydrogen-bond acceptors (Lipinski definition) is 5. The van der Waals surface area contributed by atoms with Crippen molar-refractivity contribution in [1.82, 2.24) is 14.9 Å². The summed E-state index contributed by atoms with van der Waals surface area (Å²) in [6.45, 7) is 1.52. The highest BCUT2D eigenvalue weighted by Crippen LogP contribution is 2.49. The molecule has 5 rings (SSSR count). The zero-order valence-corrected chi connectivity index (χ0v) is 14.5. The summed E-state index contributed by atoms with van der Waals surface area (Å²) in [7, 11) is 0. The molecule has 3 atom stereocenters. The van der Waals surface area contributed by atoms with Gasteiger partial charge in [-0.2, -0.15) is 0 Å². The standard InChI is InChI=1S/C18H22N4OS/c19-17-16-13-3-4-22(8-14(13)24-18(16)21-9-20-17)15(23)7-12-6-10-1-2-11(12)5-10/h9-12H,1-8H2,(H2,19,20,21). The van der Waals surface area contributed by atoms with Crippen LogP contribution in [0.15, 0.2) is 6.33 Å². The maximum absolute atomic E-state index is 12.8. The number of amides is 1. The highest BCUT2D eigenvalue weighted by molar-refractivity contribution is 7.19.